The average molecular weight is 386 g/mol. The van der Waals surface area contributed by atoms with Gasteiger partial charge in [0.25, 0.3) is 0 Å². The van der Waals surface area contributed by atoms with Crippen molar-refractivity contribution in [3.63, 3.8) is 0 Å². The van der Waals surface area contributed by atoms with Crippen LogP contribution in [0, 0.1) is 5.92 Å². The zero-order valence-corrected chi connectivity index (χ0v) is 15.1. The third-order valence-electron chi connectivity index (χ3n) is 4.52. The summed E-state index contributed by atoms with van der Waals surface area (Å²) in [6.45, 7) is 0.220. The van der Waals surface area contributed by atoms with Gasteiger partial charge >= 0.3 is 6.18 Å². The number of benzene rings is 1. The van der Waals surface area contributed by atoms with Gasteiger partial charge in [-0.2, -0.15) is 13.2 Å². The molecule has 8 heteroatoms. The van der Waals surface area contributed by atoms with Crippen molar-refractivity contribution in [2.75, 3.05) is 19.7 Å². The molecule has 27 heavy (non-hydrogen) atoms. The van der Waals surface area contributed by atoms with Crippen LogP contribution >= 0.6 is 0 Å². The van der Waals surface area contributed by atoms with Crippen molar-refractivity contribution in [2.45, 2.75) is 44.7 Å². The topological polar surface area (TPSA) is 67.4 Å². The highest BCUT2D eigenvalue weighted by molar-refractivity contribution is 5.84. The molecular weight excluding hydrogens is 361 g/mol. The predicted octanol–water partition coefficient (Wildman–Crippen LogP) is 3.29. The van der Waals surface area contributed by atoms with Gasteiger partial charge in [0.05, 0.1) is 18.7 Å². The summed E-state index contributed by atoms with van der Waals surface area (Å²) in [6, 6.07) is 4.35. The van der Waals surface area contributed by atoms with E-state index in [-0.39, 0.29) is 37.3 Å². The van der Waals surface area contributed by atoms with Crippen molar-refractivity contribution in [3.05, 3.63) is 29.8 Å². The maximum absolute atomic E-state index is 12.5. The largest absolute Gasteiger partial charge is 0.492 e. The number of ether oxygens (including phenoxy) is 1. The number of rotatable bonds is 8. The van der Waals surface area contributed by atoms with Gasteiger partial charge in [0, 0.05) is 6.42 Å². The van der Waals surface area contributed by atoms with Gasteiger partial charge in [0.1, 0.15) is 12.4 Å². The van der Waals surface area contributed by atoms with E-state index in [4.69, 9.17) is 4.74 Å². The van der Waals surface area contributed by atoms with Gasteiger partial charge in [-0.3, -0.25) is 9.59 Å². The van der Waals surface area contributed by atoms with Crippen LogP contribution < -0.4 is 15.4 Å². The summed E-state index contributed by atoms with van der Waals surface area (Å²) in [5.41, 5.74) is -0.743. The first-order valence-electron chi connectivity index (χ1n) is 9.18. The van der Waals surface area contributed by atoms with Crippen LogP contribution in [0.25, 0.3) is 0 Å². The molecule has 0 radical (unpaired) electrons. The summed E-state index contributed by atoms with van der Waals surface area (Å²) in [5.74, 6) is 0.262. The van der Waals surface area contributed by atoms with E-state index in [2.05, 4.69) is 10.6 Å². The standard InChI is InChI=1S/C19H25F3N2O3/c20-19(21,22)15-6-8-16(9-7-15)27-11-10-23-18(26)13-24-17(25)12-14-4-2-1-3-5-14/h6-9,14H,1-5,10-13H2,(H,23,26)(H,24,25). The molecule has 0 bridgehead atoms. The van der Waals surface area contributed by atoms with Crippen molar-refractivity contribution >= 4 is 11.8 Å². The Morgan fingerprint density at radius 1 is 1.00 bits per heavy atom. The maximum atomic E-state index is 12.5. The number of halogens is 3. The van der Waals surface area contributed by atoms with Crippen LogP contribution in [0.5, 0.6) is 5.75 Å². The van der Waals surface area contributed by atoms with Crippen molar-refractivity contribution < 1.29 is 27.5 Å². The molecule has 1 aromatic rings. The molecule has 0 unspecified atom stereocenters. The molecule has 1 aliphatic rings. The third-order valence-corrected chi connectivity index (χ3v) is 4.52. The molecule has 1 saturated carbocycles. The zero-order valence-electron chi connectivity index (χ0n) is 15.1. The summed E-state index contributed by atoms with van der Waals surface area (Å²) < 4.78 is 42.7. The Morgan fingerprint density at radius 2 is 1.67 bits per heavy atom. The minimum Gasteiger partial charge on any atom is -0.492 e. The number of nitrogens with one attached hydrogen (secondary N) is 2. The van der Waals surface area contributed by atoms with Crippen molar-refractivity contribution in [1.29, 1.82) is 0 Å². The second-order valence-corrected chi connectivity index (χ2v) is 6.71. The van der Waals surface area contributed by atoms with E-state index in [1.165, 1.54) is 18.6 Å². The highest BCUT2D eigenvalue weighted by Gasteiger charge is 2.30. The third kappa shape index (κ3) is 7.88. The van der Waals surface area contributed by atoms with Gasteiger partial charge < -0.3 is 15.4 Å². The van der Waals surface area contributed by atoms with Crippen LogP contribution in [0.3, 0.4) is 0 Å². The molecule has 2 amide bonds. The van der Waals surface area contributed by atoms with Crippen LogP contribution in [-0.2, 0) is 15.8 Å². The molecule has 0 aliphatic heterocycles. The van der Waals surface area contributed by atoms with Crippen molar-refractivity contribution in [1.82, 2.24) is 10.6 Å². The number of alkyl halides is 3. The summed E-state index contributed by atoms with van der Waals surface area (Å²) in [5, 5.41) is 5.20. The maximum Gasteiger partial charge on any atom is 0.416 e. The zero-order chi connectivity index (χ0) is 19.7. The van der Waals surface area contributed by atoms with E-state index in [9.17, 15) is 22.8 Å². The van der Waals surface area contributed by atoms with E-state index >= 15 is 0 Å². The Hall–Kier alpha value is -2.25. The van der Waals surface area contributed by atoms with E-state index in [0.717, 1.165) is 37.8 Å². The lowest BCUT2D eigenvalue weighted by Crippen LogP contribution is -2.39. The number of hydrogen-bond acceptors (Lipinski definition) is 3. The molecule has 0 aromatic heterocycles. The first kappa shape index (κ1) is 21.1. The monoisotopic (exact) mass is 386 g/mol. The molecule has 0 atom stereocenters. The van der Waals surface area contributed by atoms with E-state index in [1.54, 1.807) is 0 Å². The van der Waals surface area contributed by atoms with Crippen LogP contribution in [0.1, 0.15) is 44.1 Å². The molecule has 1 aliphatic carbocycles. The van der Waals surface area contributed by atoms with Crippen LogP contribution in [-0.4, -0.2) is 31.5 Å². The number of hydrogen-bond donors (Lipinski definition) is 2. The fourth-order valence-corrected chi connectivity index (χ4v) is 3.07. The molecule has 0 saturated heterocycles. The van der Waals surface area contributed by atoms with Crippen LogP contribution in [0.15, 0.2) is 24.3 Å². The fraction of sp³-hybridized carbons (Fsp3) is 0.579. The van der Waals surface area contributed by atoms with Crippen molar-refractivity contribution in [3.8, 4) is 5.75 Å². The molecule has 2 N–H and O–H groups in total. The first-order valence-corrected chi connectivity index (χ1v) is 9.18. The number of carbonyl (C=O) groups is 2. The average Bonchev–Trinajstić information content (AvgIpc) is 2.64. The molecule has 0 heterocycles. The van der Waals surface area contributed by atoms with Gasteiger partial charge in [-0.15, -0.1) is 0 Å². The second kappa shape index (κ2) is 10.2. The quantitative estimate of drug-likeness (QED) is 0.674. The molecule has 2 rings (SSSR count). The minimum atomic E-state index is -4.38. The lowest BCUT2D eigenvalue weighted by molar-refractivity contribution is -0.137. The Morgan fingerprint density at radius 3 is 2.30 bits per heavy atom. The molecule has 1 fully saturated rings. The van der Waals surface area contributed by atoms with Gasteiger partial charge in [0.15, 0.2) is 0 Å². The molecular formula is C19H25F3N2O3. The Labute approximate surface area is 156 Å². The van der Waals surface area contributed by atoms with Gasteiger partial charge in [0.2, 0.25) is 11.8 Å². The molecule has 150 valence electrons. The van der Waals surface area contributed by atoms with Gasteiger partial charge in [-0.05, 0) is 43.0 Å². The number of amides is 2. The van der Waals surface area contributed by atoms with Crippen molar-refractivity contribution in [2.24, 2.45) is 5.92 Å². The summed E-state index contributed by atoms with van der Waals surface area (Å²) >= 11 is 0. The van der Waals surface area contributed by atoms with Gasteiger partial charge in [-0.1, -0.05) is 19.3 Å². The lowest BCUT2D eigenvalue weighted by atomic mass is 9.87. The SMILES string of the molecule is O=C(CNC(=O)CC1CCCCC1)NCCOc1ccc(C(F)(F)F)cc1. The summed E-state index contributed by atoms with van der Waals surface area (Å²) in [7, 11) is 0. The Balaban J connectivity index is 1.57. The lowest BCUT2D eigenvalue weighted by Gasteiger charge is -2.20. The first-order chi connectivity index (χ1) is 12.8. The highest BCUT2D eigenvalue weighted by atomic mass is 19.4. The second-order valence-electron chi connectivity index (χ2n) is 6.71. The number of carbonyl (C=O) groups excluding carboxylic acids is 2. The highest BCUT2D eigenvalue weighted by Crippen LogP contribution is 2.30. The van der Waals surface area contributed by atoms with Gasteiger partial charge in [-0.25, -0.2) is 0 Å². The Kier molecular flexibility index (Phi) is 7.94. The molecule has 5 nitrogen and oxygen atoms in total. The summed E-state index contributed by atoms with van der Waals surface area (Å²) in [6.07, 6.45) is 1.78. The van der Waals surface area contributed by atoms with Crippen LogP contribution in [0.4, 0.5) is 13.2 Å². The molecule has 1 aromatic carbocycles. The summed E-state index contributed by atoms with van der Waals surface area (Å²) in [4.78, 5) is 23.5. The van der Waals surface area contributed by atoms with Crippen LogP contribution in [0.2, 0.25) is 0 Å². The van der Waals surface area contributed by atoms with E-state index in [1.807, 2.05) is 0 Å². The fourth-order valence-electron chi connectivity index (χ4n) is 3.07. The minimum absolute atomic E-state index is 0.0914. The predicted molar refractivity (Wildman–Crippen MR) is 94.2 cm³/mol. The smallest absolute Gasteiger partial charge is 0.416 e. The Bertz CT molecular complexity index is 612. The normalized spacial score (nSPS) is 15.2. The molecule has 0 spiro atoms. The van der Waals surface area contributed by atoms with E-state index < -0.39 is 11.7 Å². The van der Waals surface area contributed by atoms with E-state index in [0.29, 0.717) is 12.3 Å².